The molecule has 3 aromatic carbocycles. The largest absolute Gasteiger partial charge is 0.315 e. The number of carbonyl (C=O) groups is 2. The molecule has 11 heteroatoms. The SMILES string of the molecule is O=C1[C@H](OP2N(c3ccccc3)C[C@H]3CCCN32)[C@@H](OP2N(c3ccccc3)C[C@H]3CCCN32)C(=O)N1Cc1ccccc1. The van der Waals surface area contributed by atoms with E-state index in [-0.39, 0.29) is 18.4 Å². The molecule has 9 nitrogen and oxygen atoms in total. The van der Waals surface area contributed by atoms with Gasteiger partial charge in [-0.2, -0.15) is 0 Å². The van der Waals surface area contributed by atoms with Crippen molar-refractivity contribution in [2.75, 3.05) is 35.5 Å². The smallest absolute Gasteiger partial charge is 0.262 e. The van der Waals surface area contributed by atoms with Crippen molar-refractivity contribution in [2.24, 2.45) is 0 Å². The zero-order valence-corrected chi connectivity index (χ0v) is 26.4. The van der Waals surface area contributed by atoms with Crippen LogP contribution in [0.5, 0.6) is 0 Å². The standard InChI is InChI=1S/C33H37N5O4P2/c39-32-30(41-43-35-20-10-18-28(35)23-37(43)26-14-6-2-7-15-26)31(33(40)34(32)22-25-12-4-1-5-13-25)42-44-36-21-11-19-29(36)24-38(44)27-16-8-3-9-17-27/h1-9,12-17,28-31H,10-11,18-24H2/t28-,29-,30-,31-,43?,44?/m1/s1. The lowest BCUT2D eigenvalue weighted by Crippen LogP contribution is -2.36. The van der Waals surface area contributed by atoms with E-state index in [0.717, 1.165) is 68.8 Å². The molecule has 5 aliphatic heterocycles. The van der Waals surface area contributed by atoms with E-state index >= 15 is 0 Å². The fourth-order valence-corrected chi connectivity index (χ4v) is 11.8. The third kappa shape index (κ3) is 5.14. The van der Waals surface area contributed by atoms with Gasteiger partial charge in [-0.05, 0) is 55.5 Å². The van der Waals surface area contributed by atoms with Gasteiger partial charge in [-0.15, -0.1) is 0 Å². The van der Waals surface area contributed by atoms with Crippen LogP contribution >= 0.6 is 16.9 Å². The van der Waals surface area contributed by atoms with Gasteiger partial charge in [-0.25, -0.2) is 9.34 Å². The normalized spacial score (nSPS) is 30.5. The van der Waals surface area contributed by atoms with Gasteiger partial charge in [0.25, 0.3) is 11.8 Å². The molecule has 0 N–H and O–H groups in total. The van der Waals surface area contributed by atoms with Gasteiger partial charge in [-0.3, -0.25) is 14.5 Å². The van der Waals surface area contributed by atoms with Crippen molar-refractivity contribution in [3.63, 3.8) is 0 Å². The molecular formula is C33H37N5O4P2. The molecule has 5 fully saturated rings. The van der Waals surface area contributed by atoms with Crippen LogP contribution in [-0.4, -0.2) is 76.5 Å². The second-order valence-electron chi connectivity index (χ2n) is 12.1. The van der Waals surface area contributed by atoms with Crippen molar-refractivity contribution >= 4 is 40.1 Å². The first-order valence-corrected chi connectivity index (χ1v) is 18.0. The second-order valence-corrected chi connectivity index (χ2v) is 15.5. The Labute approximate surface area is 261 Å². The van der Waals surface area contributed by atoms with Crippen molar-refractivity contribution in [3.05, 3.63) is 96.6 Å². The molecule has 0 aliphatic carbocycles. The predicted molar refractivity (Wildman–Crippen MR) is 173 cm³/mol. The number of hydrogen-bond acceptors (Lipinski definition) is 8. The Morgan fingerprint density at radius 1 is 0.614 bits per heavy atom. The molecule has 228 valence electrons. The van der Waals surface area contributed by atoms with Crippen LogP contribution in [0.1, 0.15) is 31.2 Å². The molecule has 0 saturated carbocycles. The first-order chi connectivity index (χ1) is 21.7. The van der Waals surface area contributed by atoms with E-state index in [1.165, 1.54) is 4.90 Å². The Morgan fingerprint density at radius 3 is 1.50 bits per heavy atom. The third-order valence-corrected chi connectivity index (χ3v) is 13.7. The molecule has 5 heterocycles. The molecule has 0 radical (unpaired) electrons. The van der Waals surface area contributed by atoms with Crippen molar-refractivity contribution in [1.29, 1.82) is 0 Å². The van der Waals surface area contributed by atoms with E-state index in [1.807, 2.05) is 66.7 Å². The van der Waals surface area contributed by atoms with Gasteiger partial charge >= 0.3 is 0 Å². The Kier molecular flexibility index (Phi) is 7.87. The molecule has 5 aliphatic rings. The average molecular weight is 630 g/mol. The van der Waals surface area contributed by atoms with Crippen LogP contribution in [0.15, 0.2) is 91.0 Å². The number of amides is 2. The molecule has 6 atom stereocenters. The van der Waals surface area contributed by atoms with E-state index in [0.29, 0.717) is 12.1 Å². The minimum atomic E-state index is -1.30. The number of hydrogen-bond donors (Lipinski definition) is 0. The lowest BCUT2D eigenvalue weighted by atomic mass is 10.2. The number of anilines is 2. The van der Waals surface area contributed by atoms with Gasteiger partial charge < -0.3 is 18.4 Å². The van der Waals surface area contributed by atoms with E-state index < -0.39 is 29.1 Å². The van der Waals surface area contributed by atoms with Gasteiger partial charge in [0.15, 0.2) is 12.2 Å². The zero-order valence-electron chi connectivity index (χ0n) is 24.6. The number of carbonyl (C=O) groups excluding carboxylic acids is 2. The van der Waals surface area contributed by atoms with Crippen LogP contribution in [0.2, 0.25) is 0 Å². The summed E-state index contributed by atoms with van der Waals surface area (Å²) in [7, 11) is -2.61. The highest BCUT2D eigenvalue weighted by atomic mass is 31.2. The minimum absolute atomic E-state index is 0.206. The van der Waals surface area contributed by atoms with Crippen LogP contribution in [0.4, 0.5) is 11.4 Å². The summed E-state index contributed by atoms with van der Waals surface area (Å²) >= 11 is 0. The first kappa shape index (κ1) is 28.6. The monoisotopic (exact) mass is 629 g/mol. The molecule has 5 saturated heterocycles. The molecule has 0 spiro atoms. The average Bonchev–Trinajstić information content (AvgIpc) is 3.87. The van der Waals surface area contributed by atoms with Crippen LogP contribution in [0.3, 0.4) is 0 Å². The van der Waals surface area contributed by atoms with Gasteiger partial charge in [0.05, 0.1) is 6.54 Å². The molecular weight excluding hydrogens is 592 g/mol. The summed E-state index contributed by atoms with van der Waals surface area (Å²) in [5, 5.41) is 0. The molecule has 0 bridgehead atoms. The predicted octanol–water partition coefficient (Wildman–Crippen LogP) is 5.75. The summed E-state index contributed by atoms with van der Waals surface area (Å²) in [4.78, 5) is 29.9. The van der Waals surface area contributed by atoms with E-state index in [2.05, 4.69) is 42.9 Å². The maximum Gasteiger partial charge on any atom is 0.262 e. The molecule has 3 aromatic rings. The van der Waals surface area contributed by atoms with Crippen LogP contribution in [-0.2, 0) is 25.2 Å². The van der Waals surface area contributed by atoms with Crippen LogP contribution in [0, 0.1) is 0 Å². The number of imide groups is 1. The van der Waals surface area contributed by atoms with Gasteiger partial charge in [0, 0.05) is 49.6 Å². The number of nitrogens with zero attached hydrogens (tertiary/aromatic N) is 5. The van der Waals surface area contributed by atoms with Crippen LogP contribution in [0.25, 0.3) is 0 Å². The fraction of sp³-hybridized carbons (Fsp3) is 0.394. The third-order valence-electron chi connectivity index (χ3n) is 9.31. The number of likely N-dealkylation sites (tertiary alicyclic amines) is 1. The summed E-state index contributed by atoms with van der Waals surface area (Å²) < 4.78 is 23.3. The highest BCUT2D eigenvalue weighted by molar-refractivity contribution is 7.52. The summed E-state index contributed by atoms with van der Waals surface area (Å²) in [6, 6.07) is 31.1. The van der Waals surface area contributed by atoms with E-state index in [4.69, 9.17) is 9.05 Å². The Hall–Kier alpha value is -2.90. The summed E-state index contributed by atoms with van der Waals surface area (Å²) in [6.07, 6.45) is 2.42. The van der Waals surface area contributed by atoms with E-state index in [9.17, 15) is 9.59 Å². The Morgan fingerprint density at radius 2 is 1.05 bits per heavy atom. The highest BCUT2D eigenvalue weighted by Crippen LogP contribution is 2.61. The Bertz CT molecular complexity index is 1400. The summed E-state index contributed by atoms with van der Waals surface area (Å²) in [5.41, 5.74) is 3.07. The quantitative estimate of drug-likeness (QED) is 0.231. The van der Waals surface area contributed by atoms with Gasteiger partial charge in [-0.1, -0.05) is 66.7 Å². The zero-order chi connectivity index (χ0) is 29.6. The lowest BCUT2D eigenvalue weighted by molar-refractivity contribution is -0.141. The highest BCUT2D eigenvalue weighted by Gasteiger charge is 2.57. The fourth-order valence-electron chi connectivity index (χ4n) is 7.12. The number of para-hydroxylation sites is 2. The van der Waals surface area contributed by atoms with Gasteiger partial charge in [0.1, 0.15) is 0 Å². The van der Waals surface area contributed by atoms with Crippen molar-refractivity contribution in [2.45, 2.75) is 56.5 Å². The number of rotatable bonds is 8. The first-order valence-electron chi connectivity index (χ1n) is 15.7. The molecule has 8 rings (SSSR count). The summed E-state index contributed by atoms with van der Waals surface area (Å²) in [5.74, 6) is -0.610. The topological polar surface area (TPSA) is 68.8 Å². The van der Waals surface area contributed by atoms with Crippen molar-refractivity contribution < 1.29 is 18.6 Å². The molecule has 0 aromatic heterocycles. The Balaban J connectivity index is 1.13. The lowest BCUT2D eigenvalue weighted by Gasteiger charge is -2.34. The second kappa shape index (κ2) is 12.1. The molecule has 2 unspecified atom stereocenters. The summed E-state index contributed by atoms with van der Waals surface area (Å²) in [6.45, 7) is 3.77. The minimum Gasteiger partial charge on any atom is -0.315 e. The maximum atomic E-state index is 14.3. The van der Waals surface area contributed by atoms with E-state index in [1.54, 1.807) is 0 Å². The van der Waals surface area contributed by atoms with Crippen LogP contribution < -0.4 is 9.34 Å². The van der Waals surface area contributed by atoms with Crippen molar-refractivity contribution in [3.8, 4) is 0 Å². The van der Waals surface area contributed by atoms with Crippen molar-refractivity contribution in [1.82, 2.24) is 14.2 Å². The molecule has 44 heavy (non-hydrogen) atoms. The molecule has 2 amide bonds. The van der Waals surface area contributed by atoms with Gasteiger partial charge in [0.2, 0.25) is 16.9 Å². The maximum absolute atomic E-state index is 14.3. The number of fused-ring (bicyclic) bond motifs is 2. The number of benzene rings is 3.